The lowest BCUT2D eigenvalue weighted by Crippen LogP contribution is -2.47. The Labute approximate surface area is 182 Å². The van der Waals surface area contributed by atoms with Crippen LogP contribution < -0.4 is 19.7 Å². The van der Waals surface area contributed by atoms with Gasteiger partial charge in [-0.25, -0.2) is 0 Å². The fraction of sp³-hybridized carbons (Fsp3) is 0.375. The second kappa shape index (κ2) is 9.64. The number of rotatable bonds is 8. The van der Waals surface area contributed by atoms with Crippen LogP contribution in [0.4, 0.5) is 11.4 Å². The highest BCUT2D eigenvalue weighted by Gasteiger charge is 2.33. The molecule has 31 heavy (non-hydrogen) atoms. The Morgan fingerprint density at radius 3 is 2.65 bits per heavy atom. The van der Waals surface area contributed by atoms with E-state index in [0.29, 0.717) is 34.9 Å². The van der Waals surface area contributed by atoms with Gasteiger partial charge in [0.1, 0.15) is 18.0 Å². The largest absolute Gasteiger partial charge is 0.489 e. The van der Waals surface area contributed by atoms with Gasteiger partial charge in [0.25, 0.3) is 5.91 Å². The van der Waals surface area contributed by atoms with Crippen LogP contribution in [-0.2, 0) is 9.59 Å². The summed E-state index contributed by atoms with van der Waals surface area (Å²) < 4.78 is 11.4. The molecule has 0 aliphatic carbocycles. The molecule has 1 aliphatic rings. The minimum Gasteiger partial charge on any atom is -0.489 e. The fourth-order valence-electron chi connectivity index (χ4n) is 3.37. The van der Waals surface area contributed by atoms with E-state index in [-0.39, 0.29) is 30.2 Å². The SMILES string of the molecule is CCCC(=O)c1ccc2c(c1)N(CC(=O)Nc1ccccc1OC(C)C)C(=O)C(C)O2. The third-order valence-electron chi connectivity index (χ3n) is 4.79. The summed E-state index contributed by atoms with van der Waals surface area (Å²) in [6.45, 7) is 7.17. The summed E-state index contributed by atoms with van der Waals surface area (Å²) in [7, 11) is 0. The highest BCUT2D eigenvalue weighted by molar-refractivity contribution is 6.07. The molecule has 7 nitrogen and oxygen atoms in total. The summed E-state index contributed by atoms with van der Waals surface area (Å²) in [5, 5.41) is 2.82. The molecule has 0 saturated carbocycles. The number of carbonyl (C=O) groups is 3. The second-order valence-electron chi connectivity index (χ2n) is 7.75. The third-order valence-corrected chi connectivity index (χ3v) is 4.79. The van der Waals surface area contributed by atoms with Gasteiger partial charge in [-0.3, -0.25) is 19.3 Å². The van der Waals surface area contributed by atoms with Gasteiger partial charge in [-0.15, -0.1) is 0 Å². The van der Waals surface area contributed by atoms with Crippen molar-refractivity contribution >= 4 is 29.0 Å². The zero-order valence-electron chi connectivity index (χ0n) is 18.3. The van der Waals surface area contributed by atoms with Crippen molar-refractivity contribution in [1.82, 2.24) is 0 Å². The lowest BCUT2D eigenvalue weighted by atomic mass is 10.0. The van der Waals surface area contributed by atoms with E-state index in [1.54, 1.807) is 43.3 Å². The van der Waals surface area contributed by atoms with Gasteiger partial charge < -0.3 is 14.8 Å². The highest BCUT2D eigenvalue weighted by Crippen LogP contribution is 2.35. The summed E-state index contributed by atoms with van der Waals surface area (Å²) in [6, 6.07) is 12.1. The van der Waals surface area contributed by atoms with Gasteiger partial charge in [-0.2, -0.15) is 0 Å². The predicted octanol–water partition coefficient (Wildman–Crippen LogP) is 4.21. The standard InChI is InChI=1S/C24H28N2O5/c1-5-8-20(27)17-11-12-22-19(13-17)26(24(29)16(4)31-22)14-23(28)25-18-9-6-7-10-21(18)30-15(2)3/h6-7,9-13,15-16H,5,8,14H2,1-4H3,(H,25,28). The first-order chi connectivity index (χ1) is 14.8. The zero-order chi connectivity index (χ0) is 22.5. The highest BCUT2D eigenvalue weighted by atomic mass is 16.5. The minimum atomic E-state index is -0.728. The predicted molar refractivity (Wildman–Crippen MR) is 119 cm³/mol. The molecule has 0 saturated heterocycles. The molecule has 0 spiro atoms. The molecule has 0 aromatic heterocycles. The number of amides is 2. The molecule has 2 amide bonds. The topological polar surface area (TPSA) is 84.9 Å². The molecule has 1 N–H and O–H groups in total. The van der Waals surface area contributed by atoms with Crippen LogP contribution in [0.3, 0.4) is 0 Å². The van der Waals surface area contributed by atoms with Crippen molar-refractivity contribution in [3.8, 4) is 11.5 Å². The molecule has 2 aromatic carbocycles. The quantitative estimate of drug-likeness (QED) is 0.642. The maximum absolute atomic E-state index is 12.8. The first-order valence-electron chi connectivity index (χ1n) is 10.5. The number of hydrogen-bond acceptors (Lipinski definition) is 5. The number of ketones is 1. The van der Waals surface area contributed by atoms with Crippen LogP contribution in [0.5, 0.6) is 11.5 Å². The summed E-state index contributed by atoms with van der Waals surface area (Å²) in [5.41, 5.74) is 1.45. The fourth-order valence-corrected chi connectivity index (χ4v) is 3.37. The summed E-state index contributed by atoms with van der Waals surface area (Å²) in [5.74, 6) is 0.297. The number of nitrogens with zero attached hydrogens (tertiary/aromatic N) is 1. The van der Waals surface area contributed by atoms with E-state index in [1.807, 2.05) is 26.8 Å². The van der Waals surface area contributed by atoms with Gasteiger partial charge in [-0.1, -0.05) is 19.1 Å². The number of hydrogen-bond donors (Lipinski definition) is 1. The van der Waals surface area contributed by atoms with Crippen LogP contribution in [0, 0.1) is 0 Å². The molecule has 1 heterocycles. The zero-order valence-corrected chi connectivity index (χ0v) is 18.3. The van der Waals surface area contributed by atoms with Crippen LogP contribution >= 0.6 is 0 Å². The monoisotopic (exact) mass is 424 g/mol. The van der Waals surface area contributed by atoms with Crippen LogP contribution in [0.2, 0.25) is 0 Å². The van der Waals surface area contributed by atoms with Gasteiger partial charge >= 0.3 is 0 Å². The van der Waals surface area contributed by atoms with Crippen molar-refractivity contribution in [2.75, 3.05) is 16.8 Å². The van der Waals surface area contributed by atoms with Gasteiger partial charge in [0.15, 0.2) is 11.9 Å². The normalized spacial score (nSPS) is 15.3. The average molecular weight is 424 g/mol. The van der Waals surface area contributed by atoms with Crippen molar-refractivity contribution in [3.63, 3.8) is 0 Å². The number of Topliss-reactive ketones (excluding diaryl/α,β-unsaturated/α-hetero) is 1. The molecular formula is C24H28N2O5. The van der Waals surface area contributed by atoms with Crippen LogP contribution in [0.15, 0.2) is 42.5 Å². The first-order valence-corrected chi connectivity index (χ1v) is 10.5. The average Bonchev–Trinajstić information content (AvgIpc) is 2.72. The van der Waals surface area contributed by atoms with Gasteiger partial charge in [0, 0.05) is 12.0 Å². The molecule has 0 radical (unpaired) electrons. The van der Waals surface area contributed by atoms with Crippen molar-refractivity contribution in [3.05, 3.63) is 48.0 Å². The van der Waals surface area contributed by atoms with Crippen molar-refractivity contribution in [2.24, 2.45) is 0 Å². The van der Waals surface area contributed by atoms with Crippen LogP contribution in [-0.4, -0.2) is 36.4 Å². The number of anilines is 2. The Hall–Kier alpha value is -3.35. The first kappa shape index (κ1) is 22.3. The Morgan fingerprint density at radius 2 is 1.94 bits per heavy atom. The summed E-state index contributed by atoms with van der Waals surface area (Å²) in [4.78, 5) is 39.3. The molecule has 3 rings (SSSR count). The number of nitrogens with one attached hydrogen (secondary N) is 1. The molecule has 0 bridgehead atoms. The molecule has 1 atom stereocenters. The Balaban J connectivity index is 1.84. The maximum Gasteiger partial charge on any atom is 0.268 e. The summed E-state index contributed by atoms with van der Waals surface area (Å²) in [6.07, 6.45) is 0.364. The Bertz CT molecular complexity index is 986. The molecule has 0 fully saturated rings. The summed E-state index contributed by atoms with van der Waals surface area (Å²) >= 11 is 0. The van der Waals surface area contributed by atoms with E-state index in [4.69, 9.17) is 9.47 Å². The molecule has 164 valence electrons. The van der Waals surface area contributed by atoms with E-state index >= 15 is 0 Å². The van der Waals surface area contributed by atoms with E-state index in [9.17, 15) is 14.4 Å². The van der Waals surface area contributed by atoms with E-state index in [1.165, 1.54) is 4.90 Å². The van der Waals surface area contributed by atoms with Crippen molar-refractivity contribution < 1.29 is 23.9 Å². The molecular weight excluding hydrogens is 396 g/mol. The Kier molecular flexibility index (Phi) is 6.95. The smallest absolute Gasteiger partial charge is 0.268 e. The van der Waals surface area contributed by atoms with Gasteiger partial charge in [0.2, 0.25) is 5.91 Å². The molecule has 1 aliphatic heterocycles. The van der Waals surface area contributed by atoms with E-state index < -0.39 is 6.10 Å². The third kappa shape index (κ3) is 5.23. The van der Waals surface area contributed by atoms with Crippen molar-refractivity contribution in [1.29, 1.82) is 0 Å². The number of fused-ring (bicyclic) bond motifs is 1. The van der Waals surface area contributed by atoms with E-state index in [0.717, 1.165) is 6.42 Å². The lowest BCUT2D eigenvalue weighted by molar-refractivity contribution is -0.127. The molecule has 2 aromatic rings. The van der Waals surface area contributed by atoms with Crippen LogP contribution in [0.25, 0.3) is 0 Å². The maximum atomic E-state index is 12.8. The number of carbonyl (C=O) groups excluding carboxylic acids is 3. The van der Waals surface area contributed by atoms with Crippen molar-refractivity contribution in [2.45, 2.75) is 52.7 Å². The van der Waals surface area contributed by atoms with E-state index in [2.05, 4.69) is 5.32 Å². The van der Waals surface area contributed by atoms with Gasteiger partial charge in [-0.05, 0) is 57.5 Å². The number of para-hydroxylation sites is 2. The van der Waals surface area contributed by atoms with Gasteiger partial charge in [0.05, 0.1) is 17.5 Å². The second-order valence-corrected chi connectivity index (χ2v) is 7.75. The molecule has 7 heteroatoms. The number of benzene rings is 2. The minimum absolute atomic E-state index is 0.0134. The van der Waals surface area contributed by atoms with Crippen LogP contribution in [0.1, 0.15) is 50.9 Å². The Morgan fingerprint density at radius 1 is 1.19 bits per heavy atom. The molecule has 1 unspecified atom stereocenters. The lowest BCUT2D eigenvalue weighted by Gasteiger charge is -2.33. The number of ether oxygens (including phenoxy) is 2.